The summed E-state index contributed by atoms with van der Waals surface area (Å²) in [5.41, 5.74) is 3.28. The van der Waals surface area contributed by atoms with E-state index in [0.717, 1.165) is 12.0 Å². The molecule has 6 heteroatoms. The number of para-hydroxylation sites is 1. The molecule has 0 aliphatic heterocycles. The Morgan fingerprint density at radius 1 is 0.900 bits per heavy atom. The van der Waals surface area contributed by atoms with E-state index < -0.39 is 0 Å². The average molecular weight is 416 g/mol. The highest BCUT2D eigenvalue weighted by atomic mass is 32.1. The third-order valence-electron chi connectivity index (χ3n) is 4.94. The maximum absolute atomic E-state index is 12.9. The Morgan fingerprint density at radius 2 is 1.60 bits per heavy atom. The zero-order valence-corrected chi connectivity index (χ0v) is 17.1. The van der Waals surface area contributed by atoms with Crippen molar-refractivity contribution in [3.8, 4) is 5.69 Å². The van der Waals surface area contributed by atoms with Gasteiger partial charge in [-0.3, -0.25) is 14.2 Å². The number of amides is 1. The molecular weight excluding hydrogens is 394 g/mol. The maximum atomic E-state index is 12.9. The third kappa shape index (κ3) is 4.39. The van der Waals surface area contributed by atoms with Crippen LogP contribution in [0.3, 0.4) is 0 Å². The van der Waals surface area contributed by atoms with Crippen molar-refractivity contribution in [2.24, 2.45) is 0 Å². The van der Waals surface area contributed by atoms with E-state index in [9.17, 15) is 9.59 Å². The summed E-state index contributed by atoms with van der Waals surface area (Å²) in [7, 11) is 0. The van der Waals surface area contributed by atoms with E-state index >= 15 is 0 Å². The molecule has 1 amide bonds. The van der Waals surface area contributed by atoms with Gasteiger partial charge in [0, 0.05) is 6.54 Å². The van der Waals surface area contributed by atoms with Crippen LogP contribution in [0.2, 0.25) is 0 Å². The van der Waals surface area contributed by atoms with Crippen molar-refractivity contribution in [3.63, 3.8) is 0 Å². The first-order valence-corrected chi connectivity index (χ1v) is 10.2. The molecule has 150 valence electrons. The molecule has 0 fully saturated rings. The molecule has 1 heterocycles. The van der Waals surface area contributed by atoms with Crippen LogP contribution in [0, 0.1) is 4.77 Å². The van der Waals surface area contributed by atoms with Gasteiger partial charge >= 0.3 is 0 Å². The maximum Gasteiger partial charge on any atom is 0.266 e. The van der Waals surface area contributed by atoms with E-state index in [1.807, 2.05) is 72.8 Å². The van der Waals surface area contributed by atoms with Crippen LogP contribution in [-0.4, -0.2) is 22.0 Å². The zero-order chi connectivity index (χ0) is 20.9. The van der Waals surface area contributed by atoms with Gasteiger partial charge < -0.3 is 10.3 Å². The Morgan fingerprint density at radius 3 is 2.37 bits per heavy atom. The molecule has 0 bridgehead atoms. The Hall–Kier alpha value is -3.51. The predicted molar refractivity (Wildman–Crippen MR) is 122 cm³/mol. The summed E-state index contributed by atoms with van der Waals surface area (Å²) in [5, 5.41) is 3.53. The molecular formula is C24H21N3O2S. The molecule has 0 saturated carbocycles. The summed E-state index contributed by atoms with van der Waals surface area (Å²) in [5.74, 6) is -0.0288. The van der Waals surface area contributed by atoms with Crippen LogP contribution in [0.4, 0.5) is 0 Å². The number of hydrogen-bond acceptors (Lipinski definition) is 3. The number of aromatic amines is 1. The van der Waals surface area contributed by atoms with E-state index in [2.05, 4.69) is 10.3 Å². The van der Waals surface area contributed by atoms with Crippen molar-refractivity contribution in [1.82, 2.24) is 14.9 Å². The molecule has 2 N–H and O–H groups in total. The molecule has 3 aromatic carbocycles. The summed E-state index contributed by atoms with van der Waals surface area (Å²) in [6, 6.07) is 24.7. The van der Waals surface area contributed by atoms with Gasteiger partial charge in [-0.15, -0.1) is 0 Å². The average Bonchev–Trinajstić information content (AvgIpc) is 2.76. The predicted octanol–water partition coefficient (Wildman–Crippen LogP) is 3.95. The normalized spacial score (nSPS) is 10.8. The number of carbonyl (C=O) groups excluding carboxylic acids is 1. The number of aromatic nitrogens is 2. The van der Waals surface area contributed by atoms with Gasteiger partial charge in [0.25, 0.3) is 5.56 Å². The second-order valence-corrected chi connectivity index (χ2v) is 7.43. The minimum Gasteiger partial charge on any atom is -0.355 e. The van der Waals surface area contributed by atoms with Crippen molar-refractivity contribution in [2.75, 3.05) is 6.54 Å². The van der Waals surface area contributed by atoms with Gasteiger partial charge in [-0.05, 0) is 54.0 Å². The molecule has 0 unspecified atom stereocenters. The van der Waals surface area contributed by atoms with Crippen LogP contribution in [0.25, 0.3) is 16.6 Å². The standard InChI is InChI=1S/C24H21N3O2S/c28-22(25-15-14-17-6-2-1-3-7-17)16-18-10-12-19(13-11-18)27-23(29)20-8-4-5-9-21(20)26-24(27)30/h1-13H,14-16H2,(H,25,28)(H,26,30). The molecule has 4 aromatic rings. The summed E-state index contributed by atoms with van der Waals surface area (Å²) in [4.78, 5) is 28.2. The van der Waals surface area contributed by atoms with E-state index in [1.54, 1.807) is 6.07 Å². The van der Waals surface area contributed by atoms with Crippen molar-refractivity contribution < 1.29 is 4.79 Å². The van der Waals surface area contributed by atoms with Crippen LogP contribution >= 0.6 is 12.2 Å². The fraction of sp³-hybridized carbons (Fsp3) is 0.125. The molecule has 0 saturated heterocycles. The first-order chi connectivity index (χ1) is 14.6. The molecule has 0 aliphatic rings. The summed E-state index contributed by atoms with van der Waals surface area (Å²) >= 11 is 5.38. The smallest absolute Gasteiger partial charge is 0.266 e. The highest BCUT2D eigenvalue weighted by Gasteiger charge is 2.08. The number of nitrogens with one attached hydrogen (secondary N) is 2. The van der Waals surface area contributed by atoms with E-state index in [1.165, 1.54) is 10.1 Å². The van der Waals surface area contributed by atoms with E-state index in [0.29, 0.717) is 27.9 Å². The second kappa shape index (κ2) is 8.88. The number of carbonyl (C=O) groups is 1. The topological polar surface area (TPSA) is 66.9 Å². The van der Waals surface area contributed by atoms with Crippen molar-refractivity contribution in [1.29, 1.82) is 0 Å². The van der Waals surface area contributed by atoms with Crippen LogP contribution in [-0.2, 0) is 17.6 Å². The van der Waals surface area contributed by atoms with Gasteiger partial charge in [0.1, 0.15) is 0 Å². The van der Waals surface area contributed by atoms with E-state index in [4.69, 9.17) is 12.2 Å². The number of fused-ring (bicyclic) bond motifs is 1. The van der Waals surface area contributed by atoms with Crippen LogP contribution in [0.5, 0.6) is 0 Å². The van der Waals surface area contributed by atoms with Gasteiger partial charge in [0.05, 0.1) is 23.0 Å². The fourth-order valence-corrected chi connectivity index (χ4v) is 3.70. The Balaban J connectivity index is 1.44. The van der Waals surface area contributed by atoms with Crippen molar-refractivity contribution in [2.45, 2.75) is 12.8 Å². The third-order valence-corrected chi connectivity index (χ3v) is 5.23. The molecule has 5 nitrogen and oxygen atoms in total. The number of H-pyrrole nitrogens is 1. The number of rotatable bonds is 6. The lowest BCUT2D eigenvalue weighted by Gasteiger charge is -2.09. The van der Waals surface area contributed by atoms with Gasteiger partial charge in [-0.25, -0.2) is 0 Å². The highest BCUT2D eigenvalue weighted by molar-refractivity contribution is 7.71. The van der Waals surface area contributed by atoms with Gasteiger partial charge in [0.2, 0.25) is 5.91 Å². The Bertz CT molecular complexity index is 1290. The minimum absolute atomic E-state index is 0.0288. The first kappa shape index (κ1) is 19.8. The first-order valence-electron chi connectivity index (χ1n) is 9.76. The largest absolute Gasteiger partial charge is 0.355 e. The quantitative estimate of drug-likeness (QED) is 0.469. The lowest BCUT2D eigenvalue weighted by molar-refractivity contribution is -0.120. The monoisotopic (exact) mass is 415 g/mol. The number of hydrogen-bond donors (Lipinski definition) is 2. The van der Waals surface area contributed by atoms with E-state index in [-0.39, 0.29) is 17.9 Å². The van der Waals surface area contributed by atoms with Crippen LogP contribution in [0.15, 0.2) is 83.7 Å². The van der Waals surface area contributed by atoms with Crippen molar-refractivity contribution in [3.05, 3.63) is 105 Å². The van der Waals surface area contributed by atoms with Crippen LogP contribution < -0.4 is 10.9 Å². The lowest BCUT2D eigenvalue weighted by atomic mass is 10.1. The molecule has 0 aliphatic carbocycles. The summed E-state index contributed by atoms with van der Waals surface area (Å²) in [6.07, 6.45) is 1.09. The fourth-order valence-electron chi connectivity index (χ4n) is 3.40. The molecule has 1 aromatic heterocycles. The SMILES string of the molecule is O=C(Cc1ccc(-n2c(=S)[nH]c3ccccc3c2=O)cc1)NCCc1ccccc1. The van der Waals surface area contributed by atoms with Gasteiger partial charge in [-0.1, -0.05) is 54.6 Å². The molecule has 4 rings (SSSR count). The van der Waals surface area contributed by atoms with Crippen LogP contribution in [0.1, 0.15) is 11.1 Å². The molecule has 0 atom stereocenters. The Labute approximate surface area is 179 Å². The number of nitrogens with zero attached hydrogens (tertiary/aromatic N) is 1. The molecule has 30 heavy (non-hydrogen) atoms. The highest BCUT2D eigenvalue weighted by Crippen LogP contribution is 2.12. The molecule has 0 radical (unpaired) electrons. The second-order valence-electron chi connectivity index (χ2n) is 7.05. The van der Waals surface area contributed by atoms with Gasteiger partial charge in [0.15, 0.2) is 4.77 Å². The Kier molecular flexibility index (Phi) is 5.86. The number of benzene rings is 3. The molecule has 0 spiro atoms. The van der Waals surface area contributed by atoms with Crippen molar-refractivity contribution >= 4 is 29.0 Å². The van der Waals surface area contributed by atoms with Gasteiger partial charge in [-0.2, -0.15) is 0 Å². The summed E-state index contributed by atoms with van der Waals surface area (Å²) in [6.45, 7) is 0.600. The summed E-state index contributed by atoms with van der Waals surface area (Å²) < 4.78 is 1.81. The minimum atomic E-state index is -0.166. The zero-order valence-electron chi connectivity index (χ0n) is 16.3. The lowest BCUT2D eigenvalue weighted by Crippen LogP contribution is -2.27.